The number of carbonyl (C=O) groups is 1. The van der Waals surface area contributed by atoms with Gasteiger partial charge in [-0.1, -0.05) is 36.4 Å². The Morgan fingerprint density at radius 1 is 0.882 bits per heavy atom. The lowest BCUT2D eigenvalue weighted by Crippen LogP contribution is -2.01. The molecule has 0 fully saturated rings. The number of nitro groups is 1. The highest BCUT2D eigenvalue weighted by Crippen LogP contribution is 2.38. The molecule has 1 N–H and O–H groups in total. The predicted octanol–water partition coefficient (Wildman–Crippen LogP) is 5.60. The van der Waals surface area contributed by atoms with Crippen LogP contribution in [0.3, 0.4) is 0 Å². The van der Waals surface area contributed by atoms with Crippen LogP contribution in [0.25, 0.3) is 12.2 Å². The lowest BCUT2D eigenvalue weighted by Gasteiger charge is -2.12. The van der Waals surface area contributed by atoms with Gasteiger partial charge in [0.2, 0.25) is 5.75 Å². The number of nitrogens with one attached hydrogen (secondary N) is 1. The quantitative estimate of drug-likeness (QED) is 0.138. The second kappa shape index (κ2) is 11.3. The predicted molar refractivity (Wildman–Crippen MR) is 132 cm³/mol. The smallest absolute Gasteiger partial charge is 0.280 e. The topological polar surface area (TPSA) is 99.9 Å². The maximum absolute atomic E-state index is 12.4. The van der Waals surface area contributed by atoms with Crippen LogP contribution in [0.4, 0.5) is 11.4 Å². The van der Waals surface area contributed by atoms with E-state index in [1.54, 1.807) is 27.4 Å². The minimum atomic E-state index is -0.571. The van der Waals surface area contributed by atoms with Crippen molar-refractivity contribution in [2.24, 2.45) is 0 Å². The third-order valence-electron chi connectivity index (χ3n) is 4.89. The van der Waals surface area contributed by atoms with E-state index in [0.29, 0.717) is 17.2 Å². The molecule has 0 aliphatic carbocycles. The number of methoxy groups -OCH3 is 3. The van der Waals surface area contributed by atoms with E-state index in [0.717, 1.165) is 16.8 Å². The number of hydrogen-bond acceptors (Lipinski definition) is 7. The van der Waals surface area contributed by atoms with Gasteiger partial charge in [0.1, 0.15) is 0 Å². The molecule has 0 atom stereocenters. The van der Waals surface area contributed by atoms with Crippen LogP contribution in [0.15, 0.2) is 72.9 Å². The highest BCUT2D eigenvalue weighted by atomic mass is 16.6. The Balaban J connectivity index is 1.73. The van der Waals surface area contributed by atoms with E-state index in [2.05, 4.69) is 5.32 Å². The number of para-hydroxylation sites is 1. The average Bonchev–Trinajstić information content (AvgIpc) is 2.86. The molecule has 0 saturated carbocycles. The average molecular weight is 460 g/mol. The Morgan fingerprint density at radius 3 is 2.21 bits per heavy atom. The van der Waals surface area contributed by atoms with Gasteiger partial charge in [-0.2, -0.15) is 0 Å². The summed E-state index contributed by atoms with van der Waals surface area (Å²) in [4.78, 5) is 22.9. The van der Waals surface area contributed by atoms with Gasteiger partial charge >= 0.3 is 0 Å². The van der Waals surface area contributed by atoms with Gasteiger partial charge in [-0.25, -0.2) is 0 Å². The van der Waals surface area contributed by atoms with E-state index in [9.17, 15) is 14.9 Å². The minimum Gasteiger partial charge on any atom is -0.493 e. The second-order valence-electron chi connectivity index (χ2n) is 7.03. The van der Waals surface area contributed by atoms with Crippen molar-refractivity contribution in [1.82, 2.24) is 0 Å². The zero-order chi connectivity index (χ0) is 24.5. The maximum atomic E-state index is 12.4. The fraction of sp³-hybridized carbons (Fsp3) is 0.115. The Bertz CT molecular complexity index is 1220. The molecular formula is C26H24N2O6. The van der Waals surface area contributed by atoms with Crippen LogP contribution in [0.2, 0.25) is 0 Å². The Morgan fingerprint density at radius 2 is 1.56 bits per heavy atom. The van der Waals surface area contributed by atoms with Crippen LogP contribution in [0.1, 0.15) is 21.5 Å². The van der Waals surface area contributed by atoms with Crippen LogP contribution >= 0.6 is 0 Å². The fourth-order valence-corrected chi connectivity index (χ4v) is 3.27. The largest absolute Gasteiger partial charge is 0.493 e. The number of benzene rings is 3. The summed E-state index contributed by atoms with van der Waals surface area (Å²) in [5, 5.41) is 14.1. The van der Waals surface area contributed by atoms with Crippen molar-refractivity contribution in [3.63, 3.8) is 0 Å². The van der Waals surface area contributed by atoms with Crippen LogP contribution in [-0.4, -0.2) is 32.0 Å². The zero-order valence-electron chi connectivity index (χ0n) is 19.0. The summed E-state index contributed by atoms with van der Waals surface area (Å²) in [5.74, 6) is 1.18. The van der Waals surface area contributed by atoms with Gasteiger partial charge in [0.25, 0.3) is 5.69 Å². The summed E-state index contributed by atoms with van der Waals surface area (Å²) in [6.07, 6.45) is 6.56. The Kier molecular flexibility index (Phi) is 8.02. The molecule has 0 radical (unpaired) electrons. The second-order valence-corrected chi connectivity index (χ2v) is 7.03. The van der Waals surface area contributed by atoms with Crippen LogP contribution < -0.4 is 19.5 Å². The standard InChI is InChI=1S/C26H24N2O6/c1-32-24-16-19(17-25(33-2)26(24)34-3)12-11-18-7-6-8-20(15-18)27-14-13-23(29)21-9-4-5-10-22(21)28(30)31/h4-17,27H,1-3H3/b12-11?,14-13-. The molecule has 3 aromatic carbocycles. The zero-order valence-corrected chi connectivity index (χ0v) is 19.0. The molecule has 0 spiro atoms. The van der Waals surface area contributed by atoms with Crippen molar-refractivity contribution in [2.45, 2.75) is 0 Å². The minimum absolute atomic E-state index is 0.0348. The SMILES string of the molecule is COc1cc(C=Cc2cccc(N/C=C\C(=O)c3ccccc3[N+](=O)[O-])c2)cc(OC)c1OC. The van der Waals surface area contributed by atoms with Crippen molar-refractivity contribution in [3.05, 3.63) is 99.7 Å². The number of rotatable bonds is 10. The number of hydrogen-bond donors (Lipinski definition) is 1. The molecule has 8 nitrogen and oxygen atoms in total. The first kappa shape index (κ1) is 24.1. The van der Waals surface area contributed by atoms with E-state index < -0.39 is 10.7 Å². The third kappa shape index (κ3) is 5.80. The number of anilines is 1. The van der Waals surface area contributed by atoms with Crippen molar-refractivity contribution in [3.8, 4) is 17.2 Å². The molecule has 3 rings (SSSR count). The van der Waals surface area contributed by atoms with E-state index in [-0.39, 0.29) is 11.3 Å². The number of nitrogens with zero attached hydrogens (tertiary/aromatic N) is 1. The molecule has 34 heavy (non-hydrogen) atoms. The number of ether oxygens (including phenoxy) is 3. The van der Waals surface area contributed by atoms with E-state index in [4.69, 9.17) is 14.2 Å². The molecular weight excluding hydrogens is 436 g/mol. The first-order valence-electron chi connectivity index (χ1n) is 10.3. The Labute approximate surface area is 197 Å². The van der Waals surface area contributed by atoms with E-state index in [1.807, 2.05) is 48.6 Å². The number of allylic oxidation sites excluding steroid dienone is 1. The summed E-state index contributed by atoms with van der Waals surface area (Å²) in [6.45, 7) is 0. The molecule has 0 aliphatic heterocycles. The van der Waals surface area contributed by atoms with Crippen molar-refractivity contribution >= 4 is 29.3 Å². The van der Waals surface area contributed by atoms with Gasteiger partial charge in [0.05, 0.1) is 31.8 Å². The number of carbonyl (C=O) groups excluding carboxylic acids is 1. The molecule has 0 aliphatic rings. The van der Waals surface area contributed by atoms with Crippen molar-refractivity contribution in [1.29, 1.82) is 0 Å². The summed E-state index contributed by atoms with van der Waals surface area (Å²) in [7, 11) is 4.68. The summed E-state index contributed by atoms with van der Waals surface area (Å²) < 4.78 is 16.1. The van der Waals surface area contributed by atoms with Crippen LogP contribution in [-0.2, 0) is 0 Å². The van der Waals surface area contributed by atoms with Crippen LogP contribution in [0, 0.1) is 10.1 Å². The van der Waals surface area contributed by atoms with Crippen molar-refractivity contribution in [2.75, 3.05) is 26.6 Å². The normalized spacial score (nSPS) is 10.9. The first-order chi connectivity index (χ1) is 16.5. The van der Waals surface area contributed by atoms with Crippen molar-refractivity contribution < 1.29 is 23.9 Å². The molecule has 174 valence electrons. The first-order valence-corrected chi connectivity index (χ1v) is 10.3. The third-order valence-corrected chi connectivity index (χ3v) is 4.89. The van der Waals surface area contributed by atoms with Crippen LogP contribution in [0.5, 0.6) is 17.2 Å². The molecule has 0 saturated heterocycles. The molecule has 8 heteroatoms. The van der Waals surface area contributed by atoms with Gasteiger partial charge in [0, 0.05) is 24.0 Å². The molecule has 0 aromatic heterocycles. The van der Waals surface area contributed by atoms with E-state index in [1.165, 1.54) is 30.5 Å². The van der Waals surface area contributed by atoms with Gasteiger partial charge in [-0.15, -0.1) is 0 Å². The monoisotopic (exact) mass is 460 g/mol. The molecule has 3 aromatic rings. The number of ketones is 1. The van der Waals surface area contributed by atoms with Gasteiger partial charge in [0.15, 0.2) is 17.3 Å². The fourth-order valence-electron chi connectivity index (χ4n) is 3.27. The van der Waals surface area contributed by atoms with E-state index >= 15 is 0 Å². The highest BCUT2D eigenvalue weighted by Gasteiger charge is 2.17. The molecule has 0 unspecified atom stereocenters. The summed E-state index contributed by atoms with van der Waals surface area (Å²) >= 11 is 0. The Hall–Kier alpha value is -4.59. The molecule has 0 heterocycles. The highest BCUT2D eigenvalue weighted by molar-refractivity contribution is 6.07. The maximum Gasteiger partial charge on any atom is 0.280 e. The summed E-state index contributed by atoms with van der Waals surface area (Å²) in [5.41, 5.74) is 2.34. The lowest BCUT2D eigenvalue weighted by molar-refractivity contribution is -0.385. The summed E-state index contributed by atoms with van der Waals surface area (Å²) in [6, 6.07) is 17.1. The van der Waals surface area contributed by atoms with Gasteiger partial charge < -0.3 is 19.5 Å². The lowest BCUT2D eigenvalue weighted by atomic mass is 10.1. The number of nitro benzene ring substituents is 1. The molecule has 0 amide bonds. The molecule has 0 bridgehead atoms. The van der Waals surface area contributed by atoms with Gasteiger partial charge in [-0.05, 0) is 41.5 Å². The van der Waals surface area contributed by atoms with Gasteiger partial charge in [-0.3, -0.25) is 14.9 Å².